The minimum absolute atomic E-state index is 0.0698. The van der Waals surface area contributed by atoms with Crippen LogP contribution in [0.25, 0.3) is 0 Å². The summed E-state index contributed by atoms with van der Waals surface area (Å²) >= 11 is 3.35. The Labute approximate surface area is 128 Å². The minimum atomic E-state index is -0.645. The molecule has 0 aliphatic rings. The summed E-state index contributed by atoms with van der Waals surface area (Å²) in [6, 6.07) is 5.35. The molecule has 0 saturated heterocycles. The Bertz CT molecular complexity index is 472. The Kier molecular flexibility index (Phi) is 6.02. The van der Waals surface area contributed by atoms with Crippen LogP contribution in [-0.4, -0.2) is 23.2 Å². The Morgan fingerprint density at radius 3 is 2.70 bits per heavy atom. The van der Waals surface area contributed by atoms with Crippen LogP contribution < -0.4 is 10.1 Å². The zero-order chi connectivity index (χ0) is 15.3. The third kappa shape index (κ3) is 5.13. The van der Waals surface area contributed by atoms with E-state index in [-0.39, 0.29) is 18.1 Å². The zero-order valence-electron chi connectivity index (χ0n) is 12.4. The van der Waals surface area contributed by atoms with Crippen LogP contribution in [0.5, 0.6) is 5.75 Å². The summed E-state index contributed by atoms with van der Waals surface area (Å²) in [5.74, 6) is 0.340. The molecule has 1 aromatic rings. The largest absolute Gasteiger partial charge is 0.483 e. The molecule has 1 rings (SSSR count). The first-order chi connectivity index (χ1) is 9.25. The van der Waals surface area contributed by atoms with E-state index in [1.54, 1.807) is 19.1 Å². The lowest BCUT2D eigenvalue weighted by atomic mass is 10.0. The van der Waals surface area contributed by atoms with Gasteiger partial charge in [0.1, 0.15) is 5.75 Å². The highest BCUT2D eigenvalue weighted by Crippen LogP contribution is 2.28. The molecule has 0 radical (unpaired) electrons. The summed E-state index contributed by atoms with van der Waals surface area (Å²) in [4.78, 5) is 11.8. The molecule has 0 unspecified atom stereocenters. The number of hydrogen-bond acceptors (Lipinski definition) is 3. The van der Waals surface area contributed by atoms with E-state index < -0.39 is 6.10 Å². The number of aliphatic hydroxyl groups is 1. The second kappa shape index (κ2) is 7.09. The molecule has 0 fully saturated rings. The third-order valence-electron chi connectivity index (χ3n) is 3.15. The van der Waals surface area contributed by atoms with Gasteiger partial charge in [-0.1, -0.05) is 28.9 Å². The maximum absolute atomic E-state index is 11.8. The van der Waals surface area contributed by atoms with Crippen molar-refractivity contribution in [3.8, 4) is 5.75 Å². The average molecular weight is 344 g/mol. The van der Waals surface area contributed by atoms with Gasteiger partial charge in [0.15, 0.2) is 6.61 Å². The van der Waals surface area contributed by atoms with Crippen molar-refractivity contribution in [2.75, 3.05) is 6.61 Å². The van der Waals surface area contributed by atoms with E-state index >= 15 is 0 Å². The molecule has 1 atom stereocenters. The van der Waals surface area contributed by atoms with Gasteiger partial charge in [0, 0.05) is 15.6 Å². The van der Waals surface area contributed by atoms with Crippen LogP contribution in [0.1, 0.15) is 45.8 Å². The molecule has 1 aromatic carbocycles. The van der Waals surface area contributed by atoms with Crippen LogP contribution in [-0.2, 0) is 4.79 Å². The zero-order valence-corrected chi connectivity index (χ0v) is 14.0. The number of carbonyl (C=O) groups is 1. The topological polar surface area (TPSA) is 58.6 Å². The Morgan fingerprint density at radius 1 is 1.50 bits per heavy atom. The van der Waals surface area contributed by atoms with Gasteiger partial charge in [0.05, 0.1) is 6.10 Å². The fourth-order valence-electron chi connectivity index (χ4n) is 1.62. The summed E-state index contributed by atoms with van der Waals surface area (Å²) in [7, 11) is 0. The van der Waals surface area contributed by atoms with Crippen molar-refractivity contribution >= 4 is 21.8 Å². The lowest BCUT2D eigenvalue weighted by molar-refractivity contribution is -0.124. The molecule has 0 saturated carbocycles. The number of rotatable bonds is 6. The molecule has 20 heavy (non-hydrogen) atoms. The van der Waals surface area contributed by atoms with E-state index in [1.165, 1.54) is 0 Å². The molecule has 2 N–H and O–H groups in total. The van der Waals surface area contributed by atoms with Crippen molar-refractivity contribution in [1.82, 2.24) is 5.32 Å². The van der Waals surface area contributed by atoms with Crippen molar-refractivity contribution in [1.29, 1.82) is 0 Å². The Hall–Kier alpha value is -1.07. The van der Waals surface area contributed by atoms with E-state index in [2.05, 4.69) is 21.2 Å². The van der Waals surface area contributed by atoms with E-state index in [9.17, 15) is 9.90 Å². The number of aliphatic hydroxyl groups excluding tert-OH is 1. The number of amides is 1. The molecule has 4 nitrogen and oxygen atoms in total. The van der Waals surface area contributed by atoms with Crippen LogP contribution in [0.15, 0.2) is 22.7 Å². The number of ether oxygens (including phenoxy) is 1. The molecular weight excluding hydrogens is 322 g/mol. The van der Waals surface area contributed by atoms with Crippen molar-refractivity contribution in [3.63, 3.8) is 0 Å². The monoisotopic (exact) mass is 343 g/mol. The van der Waals surface area contributed by atoms with Crippen LogP contribution in [0, 0.1) is 0 Å². The smallest absolute Gasteiger partial charge is 0.258 e. The SMILES string of the molecule is CCC(C)(C)NC(=O)COc1cc(Br)ccc1[C@H](C)O. The molecule has 0 aromatic heterocycles. The highest BCUT2D eigenvalue weighted by molar-refractivity contribution is 9.10. The van der Waals surface area contributed by atoms with Crippen molar-refractivity contribution in [2.24, 2.45) is 0 Å². The number of carbonyl (C=O) groups excluding carboxylic acids is 1. The third-order valence-corrected chi connectivity index (χ3v) is 3.64. The van der Waals surface area contributed by atoms with E-state index in [0.29, 0.717) is 11.3 Å². The first kappa shape index (κ1) is 17.0. The van der Waals surface area contributed by atoms with Gasteiger partial charge in [-0.3, -0.25) is 4.79 Å². The van der Waals surface area contributed by atoms with Gasteiger partial charge in [-0.25, -0.2) is 0 Å². The van der Waals surface area contributed by atoms with E-state index in [4.69, 9.17) is 4.74 Å². The van der Waals surface area contributed by atoms with Gasteiger partial charge in [-0.05, 0) is 39.3 Å². The second-order valence-electron chi connectivity index (χ2n) is 5.43. The molecule has 0 aliphatic heterocycles. The van der Waals surface area contributed by atoms with Crippen molar-refractivity contribution < 1.29 is 14.6 Å². The fourth-order valence-corrected chi connectivity index (χ4v) is 1.96. The summed E-state index contributed by atoms with van der Waals surface area (Å²) in [6.07, 6.45) is 0.197. The Morgan fingerprint density at radius 2 is 2.15 bits per heavy atom. The van der Waals surface area contributed by atoms with E-state index in [1.807, 2.05) is 26.8 Å². The lowest BCUT2D eigenvalue weighted by Gasteiger charge is -2.24. The number of halogens is 1. The maximum atomic E-state index is 11.8. The predicted octanol–water partition coefficient (Wildman–Crippen LogP) is 3.19. The van der Waals surface area contributed by atoms with Gasteiger partial charge in [0.25, 0.3) is 5.91 Å². The molecular formula is C15H22BrNO3. The van der Waals surface area contributed by atoms with Gasteiger partial charge < -0.3 is 15.2 Å². The summed E-state index contributed by atoms with van der Waals surface area (Å²) in [6.45, 7) is 7.54. The van der Waals surface area contributed by atoms with Crippen LogP contribution in [0.2, 0.25) is 0 Å². The lowest BCUT2D eigenvalue weighted by Crippen LogP contribution is -2.44. The summed E-state index contributed by atoms with van der Waals surface area (Å²) < 4.78 is 6.37. The van der Waals surface area contributed by atoms with Gasteiger partial charge in [-0.2, -0.15) is 0 Å². The number of nitrogens with one attached hydrogen (secondary N) is 1. The molecule has 0 heterocycles. The summed E-state index contributed by atoms with van der Waals surface area (Å²) in [5.41, 5.74) is 0.418. The minimum Gasteiger partial charge on any atom is -0.483 e. The second-order valence-corrected chi connectivity index (χ2v) is 6.35. The molecule has 5 heteroatoms. The van der Waals surface area contributed by atoms with Crippen molar-refractivity contribution in [2.45, 2.75) is 45.8 Å². The molecule has 0 bridgehead atoms. The molecule has 0 aliphatic carbocycles. The predicted molar refractivity (Wildman–Crippen MR) is 82.8 cm³/mol. The van der Waals surface area contributed by atoms with Gasteiger partial charge in [0.2, 0.25) is 0 Å². The highest BCUT2D eigenvalue weighted by atomic mass is 79.9. The summed E-state index contributed by atoms with van der Waals surface area (Å²) in [5, 5.41) is 12.6. The molecule has 1 amide bonds. The van der Waals surface area contributed by atoms with Gasteiger partial charge >= 0.3 is 0 Å². The fraction of sp³-hybridized carbons (Fsp3) is 0.533. The van der Waals surface area contributed by atoms with Crippen LogP contribution in [0.4, 0.5) is 0 Å². The molecule has 0 spiro atoms. The quantitative estimate of drug-likeness (QED) is 0.833. The van der Waals surface area contributed by atoms with Crippen LogP contribution in [0.3, 0.4) is 0 Å². The number of benzene rings is 1. The number of hydrogen-bond donors (Lipinski definition) is 2. The van der Waals surface area contributed by atoms with Gasteiger partial charge in [-0.15, -0.1) is 0 Å². The normalized spacial score (nSPS) is 12.9. The maximum Gasteiger partial charge on any atom is 0.258 e. The first-order valence-corrected chi connectivity index (χ1v) is 7.46. The first-order valence-electron chi connectivity index (χ1n) is 6.66. The van der Waals surface area contributed by atoms with Crippen LogP contribution >= 0.6 is 15.9 Å². The molecule has 112 valence electrons. The highest BCUT2D eigenvalue weighted by Gasteiger charge is 2.18. The van der Waals surface area contributed by atoms with Crippen molar-refractivity contribution in [3.05, 3.63) is 28.2 Å². The van der Waals surface area contributed by atoms with E-state index in [0.717, 1.165) is 10.9 Å². The standard InChI is InChI=1S/C15H22BrNO3/c1-5-15(3,4)17-14(19)9-20-13-8-11(16)6-7-12(13)10(2)18/h6-8,10,18H,5,9H2,1-4H3,(H,17,19)/t10-/m0/s1. The Balaban J connectivity index is 2.70. The average Bonchev–Trinajstić information content (AvgIpc) is 2.35.